The maximum absolute atomic E-state index is 12.8. The first-order chi connectivity index (χ1) is 15.0. The molecule has 0 saturated carbocycles. The topological polar surface area (TPSA) is 81.7 Å². The van der Waals surface area contributed by atoms with Gasteiger partial charge in [0.2, 0.25) is 11.8 Å². The normalized spacial score (nSPS) is 19.8. The van der Waals surface area contributed by atoms with Crippen molar-refractivity contribution >= 4 is 29.0 Å². The van der Waals surface area contributed by atoms with Gasteiger partial charge in [-0.15, -0.1) is 5.10 Å². The van der Waals surface area contributed by atoms with E-state index in [0.717, 1.165) is 56.1 Å². The molecule has 0 bridgehead atoms. The van der Waals surface area contributed by atoms with Gasteiger partial charge >= 0.3 is 0 Å². The maximum atomic E-state index is 12.8. The van der Waals surface area contributed by atoms with E-state index < -0.39 is 0 Å². The zero-order valence-electron chi connectivity index (χ0n) is 18.2. The second-order valence-electron chi connectivity index (χ2n) is 8.37. The fourth-order valence-electron chi connectivity index (χ4n) is 4.36. The lowest BCUT2D eigenvalue weighted by atomic mass is 10.1. The molecule has 31 heavy (non-hydrogen) atoms. The first kappa shape index (κ1) is 21.2. The summed E-state index contributed by atoms with van der Waals surface area (Å²) in [7, 11) is 1.99. The van der Waals surface area contributed by atoms with Crippen molar-refractivity contribution < 1.29 is 9.59 Å². The summed E-state index contributed by atoms with van der Waals surface area (Å²) in [5.41, 5.74) is 1.62. The zero-order valence-corrected chi connectivity index (χ0v) is 18.2. The van der Waals surface area contributed by atoms with E-state index in [9.17, 15) is 9.59 Å². The minimum atomic E-state index is -0.274. The lowest BCUT2D eigenvalue weighted by molar-refractivity contribution is -0.120. The van der Waals surface area contributed by atoms with E-state index in [1.165, 1.54) is 0 Å². The SMILES string of the molecule is CC(C(=O)Nc1ccc(N2CCCC2=O)cc1)N(C)CC1CCCN1c1cccnn1. The van der Waals surface area contributed by atoms with Crippen LogP contribution in [0.3, 0.4) is 0 Å². The molecule has 2 aromatic rings. The Morgan fingerprint density at radius 1 is 1.23 bits per heavy atom. The summed E-state index contributed by atoms with van der Waals surface area (Å²) in [6, 6.07) is 11.4. The predicted octanol–water partition coefficient (Wildman–Crippen LogP) is 2.53. The molecule has 2 unspecified atom stereocenters. The van der Waals surface area contributed by atoms with E-state index in [-0.39, 0.29) is 17.9 Å². The minimum absolute atomic E-state index is 0.0449. The van der Waals surface area contributed by atoms with Crippen LogP contribution in [0, 0.1) is 0 Å². The van der Waals surface area contributed by atoms with Gasteiger partial charge in [0, 0.05) is 49.7 Å². The van der Waals surface area contributed by atoms with Gasteiger partial charge in [-0.3, -0.25) is 14.5 Å². The summed E-state index contributed by atoms with van der Waals surface area (Å²) >= 11 is 0. The summed E-state index contributed by atoms with van der Waals surface area (Å²) in [4.78, 5) is 30.9. The van der Waals surface area contributed by atoms with Crippen LogP contribution in [0.4, 0.5) is 17.2 Å². The number of hydrogen-bond donors (Lipinski definition) is 1. The van der Waals surface area contributed by atoms with E-state index >= 15 is 0 Å². The molecule has 8 heteroatoms. The van der Waals surface area contributed by atoms with Crippen LogP contribution in [0.25, 0.3) is 0 Å². The quantitative estimate of drug-likeness (QED) is 0.739. The van der Waals surface area contributed by atoms with Gasteiger partial charge in [-0.05, 0) is 69.6 Å². The number of hydrogen-bond acceptors (Lipinski definition) is 6. The van der Waals surface area contributed by atoms with Gasteiger partial charge in [0.1, 0.15) is 0 Å². The highest BCUT2D eigenvalue weighted by atomic mass is 16.2. The molecule has 0 radical (unpaired) electrons. The van der Waals surface area contributed by atoms with Gasteiger partial charge < -0.3 is 15.1 Å². The summed E-state index contributed by atoms with van der Waals surface area (Å²) in [5.74, 6) is 1.01. The average Bonchev–Trinajstić information content (AvgIpc) is 3.43. The van der Waals surface area contributed by atoms with E-state index in [4.69, 9.17) is 0 Å². The van der Waals surface area contributed by atoms with E-state index in [1.807, 2.05) is 50.4 Å². The van der Waals surface area contributed by atoms with Crippen molar-refractivity contribution in [2.75, 3.05) is 41.8 Å². The number of rotatable bonds is 7. The van der Waals surface area contributed by atoms with Crippen molar-refractivity contribution in [3.8, 4) is 0 Å². The van der Waals surface area contributed by atoms with Crippen molar-refractivity contribution in [3.63, 3.8) is 0 Å². The van der Waals surface area contributed by atoms with Crippen molar-refractivity contribution in [1.29, 1.82) is 0 Å². The Hall–Kier alpha value is -3.00. The van der Waals surface area contributed by atoms with Crippen LogP contribution in [0.2, 0.25) is 0 Å². The number of carbonyl (C=O) groups is 2. The maximum Gasteiger partial charge on any atom is 0.241 e. The molecule has 164 valence electrons. The fraction of sp³-hybridized carbons (Fsp3) is 0.478. The monoisotopic (exact) mass is 422 g/mol. The van der Waals surface area contributed by atoms with Crippen LogP contribution >= 0.6 is 0 Å². The Bertz CT molecular complexity index is 904. The second kappa shape index (κ2) is 9.43. The number of nitrogens with zero attached hydrogens (tertiary/aromatic N) is 5. The molecular formula is C23H30N6O2. The lowest BCUT2D eigenvalue weighted by Gasteiger charge is -2.31. The third-order valence-electron chi connectivity index (χ3n) is 6.29. The highest BCUT2D eigenvalue weighted by Crippen LogP contribution is 2.25. The summed E-state index contributed by atoms with van der Waals surface area (Å²) in [5, 5.41) is 11.2. The predicted molar refractivity (Wildman–Crippen MR) is 121 cm³/mol. The third-order valence-corrected chi connectivity index (χ3v) is 6.29. The van der Waals surface area contributed by atoms with Gasteiger partial charge in [-0.2, -0.15) is 5.10 Å². The lowest BCUT2D eigenvalue weighted by Crippen LogP contribution is -2.46. The number of anilines is 3. The molecule has 4 rings (SSSR count). The number of likely N-dealkylation sites (N-methyl/N-ethyl adjacent to an activating group) is 1. The van der Waals surface area contributed by atoms with Crippen LogP contribution in [0.1, 0.15) is 32.6 Å². The number of carbonyl (C=O) groups excluding carboxylic acids is 2. The third kappa shape index (κ3) is 4.85. The Labute approximate surface area is 183 Å². The molecule has 2 amide bonds. The molecule has 8 nitrogen and oxygen atoms in total. The number of benzene rings is 1. The summed E-state index contributed by atoms with van der Waals surface area (Å²) in [6.07, 6.45) is 5.38. The largest absolute Gasteiger partial charge is 0.351 e. The molecule has 2 aliphatic rings. The Morgan fingerprint density at radius 3 is 2.71 bits per heavy atom. The standard InChI is InChI=1S/C23H30N6O2/c1-17(27(2)16-20-6-4-14-28(20)21-7-3-13-24-26-21)23(31)25-18-9-11-19(12-10-18)29-15-5-8-22(29)30/h3,7,9-13,17,20H,4-6,8,14-16H2,1-2H3,(H,25,31). The van der Waals surface area contributed by atoms with Crippen molar-refractivity contribution in [2.24, 2.45) is 0 Å². The zero-order chi connectivity index (χ0) is 21.8. The Morgan fingerprint density at radius 2 is 2.03 bits per heavy atom. The average molecular weight is 423 g/mol. The molecule has 0 aliphatic carbocycles. The molecule has 1 N–H and O–H groups in total. The van der Waals surface area contributed by atoms with E-state index in [0.29, 0.717) is 12.5 Å². The molecular weight excluding hydrogens is 392 g/mol. The molecule has 1 aromatic carbocycles. The summed E-state index contributed by atoms with van der Waals surface area (Å²) in [6.45, 7) is 4.43. The molecule has 3 heterocycles. The van der Waals surface area contributed by atoms with Crippen molar-refractivity contribution in [1.82, 2.24) is 15.1 Å². The number of aromatic nitrogens is 2. The first-order valence-electron chi connectivity index (χ1n) is 11.0. The van der Waals surface area contributed by atoms with E-state index in [1.54, 1.807) is 11.1 Å². The molecule has 2 aliphatic heterocycles. The highest BCUT2D eigenvalue weighted by Gasteiger charge is 2.29. The van der Waals surface area contributed by atoms with Crippen molar-refractivity contribution in [2.45, 2.75) is 44.7 Å². The Balaban J connectivity index is 1.33. The molecule has 2 fully saturated rings. The summed E-state index contributed by atoms with van der Waals surface area (Å²) < 4.78 is 0. The van der Waals surface area contributed by atoms with Gasteiger partial charge in [0.25, 0.3) is 0 Å². The van der Waals surface area contributed by atoms with Crippen LogP contribution in [0.15, 0.2) is 42.6 Å². The van der Waals surface area contributed by atoms with Gasteiger partial charge in [0.15, 0.2) is 5.82 Å². The molecule has 2 atom stereocenters. The van der Waals surface area contributed by atoms with Crippen LogP contribution in [-0.2, 0) is 9.59 Å². The van der Waals surface area contributed by atoms with Crippen LogP contribution in [0.5, 0.6) is 0 Å². The molecule has 0 spiro atoms. The highest BCUT2D eigenvalue weighted by molar-refractivity contribution is 5.97. The van der Waals surface area contributed by atoms with E-state index in [2.05, 4.69) is 25.3 Å². The van der Waals surface area contributed by atoms with Crippen molar-refractivity contribution in [3.05, 3.63) is 42.6 Å². The first-order valence-corrected chi connectivity index (χ1v) is 11.0. The van der Waals surface area contributed by atoms with Crippen LogP contribution in [-0.4, -0.2) is 65.7 Å². The molecule has 1 aromatic heterocycles. The van der Waals surface area contributed by atoms with Gasteiger partial charge in [0.05, 0.1) is 6.04 Å². The van der Waals surface area contributed by atoms with Gasteiger partial charge in [-0.25, -0.2) is 0 Å². The smallest absolute Gasteiger partial charge is 0.241 e. The minimum Gasteiger partial charge on any atom is -0.351 e. The number of amides is 2. The fourth-order valence-corrected chi connectivity index (χ4v) is 4.36. The Kier molecular flexibility index (Phi) is 6.46. The second-order valence-corrected chi connectivity index (χ2v) is 8.37. The van der Waals surface area contributed by atoms with Gasteiger partial charge in [-0.1, -0.05) is 0 Å². The van der Waals surface area contributed by atoms with Crippen LogP contribution < -0.4 is 15.1 Å². The molecule has 2 saturated heterocycles. The number of nitrogens with one attached hydrogen (secondary N) is 1.